The van der Waals surface area contributed by atoms with E-state index in [1.165, 1.54) is 0 Å². The molecule has 0 aromatic carbocycles. The molecule has 2 atom stereocenters. The molecule has 0 aromatic heterocycles. The van der Waals surface area contributed by atoms with Crippen molar-refractivity contribution in [2.45, 2.75) is 33.8 Å². The van der Waals surface area contributed by atoms with E-state index in [-0.39, 0.29) is 17.9 Å². The Morgan fingerprint density at radius 1 is 1.00 bits per heavy atom. The highest BCUT2D eigenvalue weighted by molar-refractivity contribution is 5.77. The van der Waals surface area contributed by atoms with Gasteiger partial charge in [-0.1, -0.05) is 20.8 Å². The molecule has 0 rings (SSSR count). The van der Waals surface area contributed by atoms with Gasteiger partial charge in [-0.05, 0) is 19.9 Å². The van der Waals surface area contributed by atoms with Crippen LogP contribution in [0.4, 0.5) is 0 Å². The predicted octanol–water partition coefficient (Wildman–Crippen LogP) is 1.05. The molecule has 0 heterocycles. The molecule has 0 radical (unpaired) electrons. The maximum atomic E-state index is 11.5. The number of hydrogen-bond donors (Lipinski definition) is 2. The van der Waals surface area contributed by atoms with Crippen LogP contribution in [0.15, 0.2) is 0 Å². The number of amides is 1. The number of carbonyl (C=O) groups excluding carboxylic acids is 1. The van der Waals surface area contributed by atoms with Gasteiger partial charge in [0.25, 0.3) is 0 Å². The van der Waals surface area contributed by atoms with Crippen molar-refractivity contribution in [3.63, 3.8) is 0 Å². The van der Waals surface area contributed by atoms with E-state index in [0.29, 0.717) is 45.5 Å². The van der Waals surface area contributed by atoms with Crippen molar-refractivity contribution in [2.24, 2.45) is 11.8 Å². The Balaban J connectivity index is 3.46. The maximum absolute atomic E-state index is 11.5. The quantitative estimate of drug-likeness (QED) is 0.469. The van der Waals surface area contributed by atoms with Gasteiger partial charge in [-0.2, -0.15) is 0 Å². The molecule has 0 saturated carbocycles. The number of likely N-dealkylation sites (N-methyl/N-ethyl adjacent to an activating group) is 1. The fourth-order valence-corrected chi connectivity index (χ4v) is 1.61. The summed E-state index contributed by atoms with van der Waals surface area (Å²) in [5.41, 5.74) is 0. The average molecular weight is 318 g/mol. The van der Waals surface area contributed by atoms with Crippen LogP contribution in [-0.2, 0) is 19.0 Å². The van der Waals surface area contributed by atoms with Crippen molar-refractivity contribution < 1.29 is 19.0 Å². The lowest BCUT2D eigenvalue weighted by Gasteiger charge is -2.17. The van der Waals surface area contributed by atoms with Crippen molar-refractivity contribution in [1.29, 1.82) is 0 Å². The Morgan fingerprint density at radius 3 is 2.36 bits per heavy atom. The first-order valence-electron chi connectivity index (χ1n) is 8.16. The van der Waals surface area contributed by atoms with E-state index in [9.17, 15) is 4.79 Å². The summed E-state index contributed by atoms with van der Waals surface area (Å²) in [5, 5.41) is 5.92. The first-order chi connectivity index (χ1) is 10.5. The number of carbonyl (C=O) groups is 1. The second kappa shape index (κ2) is 13.9. The predicted molar refractivity (Wildman–Crippen MR) is 88.0 cm³/mol. The van der Waals surface area contributed by atoms with E-state index in [1.54, 1.807) is 0 Å². The van der Waals surface area contributed by atoms with Crippen LogP contribution in [-0.4, -0.2) is 65.2 Å². The summed E-state index contributed by atoms with van der Waals surface area (Å²) < 4.78 is 16.6. The second-order valence-corrected chi connectivity index (χ2v) is 5.94. The lowest BCUT2D eigenvalue weighted by atomic mass is 10.1. The highest BCUT2D eigenvalue weighted by Crippen LogP contribution is 1.99. The minimum Gasteiger partial charge on any atom is -0.378 e. The van der Waals surface area contributed by atoms with Crippen molar-refractivity contribution in [1.82, 2.24) is 10.6 Å². The molecule has 0 bridgehead atoms. The molecule has 2 unspecified atom stereocenters. The molecule has 0 fully saturated rings. The number of hydrogen-bond acceptors (Lipinski definition) is 5. The normalized spacial score (nSPS) is 14.1. The molecule has 0 aliphatic rings. The van der Waals surface area contributed by atoms with E-state index < -0.39 is 0 Å². The van der Waals surface area contributed by atoms with Gasteiger partial charge in [0.1, 0.15) is 0 Å². The highest BCUT2D eigenvalue weighted by Gasteiger charge is 2.10. The molecular weight excluding hydrogens is 284 g/mol. The lowest BCUT2D eigenvalue weighted by molar-refractivity contribution is -0.124. The monoisotopic (exact) mass is 318 g/mol. The molecule has 6 nitrogen and oxygen atoms in total. The fourth-order valence-electron chi connectivity index (χ4n) is 1.61. The molecule has 2 N–H and O–H groups in total. The van der Waals surface area contributed by atoms with E-state index in [2.05, 4.69) is 17.6 Å². The van der Waals surface area contributed by atoms with Crippen LogP contribution in [0.25, 0.3) is 0 Å². The first-order valence-corrected chi connectivity index (χ1v) is 8.16. The summed E-state index contributed by atoms with van der Waals surface area (Å²) in [5.74, 6) is 0.401. The number of ether oxygens (including phenoxy) is 3. The highest BCUT2D eigenvalue weighted by atomic mass is 16.5. The Bertz CT molecular complexity index is 275. The molecule has 0 spiro atoms. The second-order valence-electron chi connectivity index (χ2n) is 5.94. The standard InChI is InChI=1S/C16H34N2O4/c1-13(2)16(19)18-10-14(3)11-21-12-15(4)22-9-8-20-7-6-17-5/h13-15,17H,6-12H2,1-5H3,(H,18,19). The molecule has 0 aromatic rings. The van der Waals surface area contributed by atoms with Crippen LogP contribution in [0.3, 0.4) is 0 Å². The van der Waals surface area contributed by atoms with Gasteiger partial charge in [0.05, 0.1) is 39.1 Å². The maximum Gasteiger partial charge on any atom is 0.222 e. The largest absolute Gasteiger partial charge is 0.378 e. The zero-order valence-electron chi connectivity index (χ0n) is 14.8. The number of rotatable bonds is 14. The summed E-state index contributed by atoms with van der Waals surface area (Å²) in [6.45, 7) is 12.4. The Hall–Kier alpha value is -0.690. The topological polar surface area (TPSA) is 68.8 Å². The van der Waals surface area contributed by atoms with Gasteiger partial charge >= 0.3 is 0 Å². The smallest absolute Gasteiger partial charge is 0.222 e. The van der Waals surface area contributed by atoms with Gasteiger partial charge in [-0.3, -0.25) is 4.79 Å². The van der Waals surface area contributed by atoms with Crippen LogP contribution < -0.4 is 10.6 Å². The van der Waals surface area contributed by atoms with Gasteiger partial charge in [-0.25, -0.2) is 0 Å². The molecule has 0 aliphatic carbocycles. The van der Waals surface area contributed by atoms with Gasteiger partial charge in [0.15, 0.2) is 0 Å². The summed E-state index contributed by atoms with van der Waals surface area (Å²) in [6, 6.07) is 0. The van der Waals surface area contributed by atoms with Crippen molar-refractivity contribution in [3.05, 3.63) is 0 Å². The minimum absolute atomic E-state index is 0.0249. The molecule has 0 aliphatic heterocycles. The minimum atomic E-state index is 0.0249. The Kier molecular flexibility index (Phi) is 13.5. The Labute approximate surface area is 135 Å². The van der Waals surface area contributed by atoms with Crippen LogP contribution in [0.1, 0.15) is 27.7 Å². The van der Waals surface area contributed by atoms with Crippen LogP contribution in [0.5, 0.6) is 0 Å². The molecule has 6 heteroatoms. The summed E-state index contributed by atoms with van der Waals surface area (Å²) in [4.78, 5) is 11.5. The summed E-state index contributed by atoms with van der Waals surface area (Å²) in [7, 11) is 1.90. The number of nitrogens with one attached hydrogen (secondary N) is 2. The van der Waals surface area contributed by atoms with E-state index in [4.69, 9.17) is 14.2 Å². The third kappa shape index (κ3) is 13.0. The SMILES string of the molecule is CNCCOCCOC(C)COCC(C)CNC(=O)C(C)C. The van der Waals surface area contributed by atoms with Crippen LogP contribution in [0, 0.1) is 11.8 Å². The van der Waals surface area contributed by atoms with Gasteiger partial charge in [0.2, 0.25) is 5.91 Å². The van der Waals surface area contributed by atoms with E-state index in [0.717, 1.165) is 6.54 Å². The molecule has 22 heavy (non-hydrogen) atoms. The lowest BCUT2D eigenvalue weighted by Crippen LogP contribution is -2.33. The third-order valence-electron chi connectivity index (χ3n) is 3.03. The Morgan fingerprint density at radius 2 is 1.73 bits per heavy atom. The van der Waals surface area contributed by atoms with Crippen LogP contribution >= 0.6 is 0 Å². The summed E-state index contributed by atoms with van der Waals surface area (Å²) in [6.07, 6.45) is 0.0466. The molecule has 132 valence electrons. The van der Waals surface area contributed by atoms with Crippen LogP contribution in [0.2, 0.25) is 0 Å². The zero-order valence-corrected chi connectivity index (χ0v) is 14.8. The molecular formula is C16H34N2O4. The van der Waals surface area contributed by atoms with Crippen molar-refractivity contribution in [2.75, 3.05) is 53.2 Å². The molecule has 1 amide bonds. The zero-order chi connectivity index (χ0) is 16.8. The van der Waals surface area contributed by atoms with Gasteiger partial charge in [-0.15, -0.1) is 0 Å². The molecule has 0 saturated heterocycles. The van der Waals surface area contributed by atoms with E-state index >= 15 is 0 Å². The van der Waals surface area contributed by atoms with Gasteiger partial charge < -0.3 is 24.8 Å². The van der Waals surface area contributed by atoms with E-state index in [1.807, 2.05) is 27.8 Å². The summed E-state index contributed by atoms with van der Waals surface area (Å²) >= 11 is 0. The fraction of sp³-hybridized carbons (Fsp3) is 0.938. The average Bonchev–Trinajstić information content (AvgIpc) is 2.48. The third-order valence-corrected chi connectivity index (χ3v) is 3.03. The van der Waals surface area contributed by atoms with Crippen molar-refractivity contribution in [3.8, 4) is 0 Å². The first kappa shape index (κ1) is 21.3. The van der Waals surface area contributed by atoms with Gasteiger partial charge in [0, 0.05) is 19.0 Å². The van der Waals surface area contributed by atoms with Crippen molar-refractivity contribution >= 4 is 5.91 Å².